The first-order chi connectivity index (χ1) is 7.93. The fourth-order valence-electron chi connectivity index (χ4n) is 1.26. The number of aromatic nitrogens is 2. The van der Waals surface area contributed by atoms with Gasteiger partial charge in [-0.05, 0) is 6.42 Å². The molecule has 0 aliphatic rings. The Hall–Kier alpha value is -1.36. The van der Waals surface area contributed by atoms with Gasteiger partial charge in [0.15, 0.2) is 5.82 Å². The molecule has 0 spiro atoms. The van der Waals surface area contributed by atoms with E-state index < -0.39 is 0 Å². The summed E-state index contributed by atoms with van der Waals surface area (Å²) in [6.45, 7) is 8.91. The van der Waals surface area contributed by atoms with Gasteiger partial charge < -0.3 is 10.1 Å². The van der Waals surface area contributed by atoms with E-state index in [0.717, 1.165) is 12.1 Å². The highest BCUT2D eigenvalue weighted by Crippen LogP contribution is 2.21. The molecule has 5 heteroatoms. The fraction of sp³-hybridized carbons (Fsp3) is 0.667. The van der Waals surface area contributed by atoms with Crippen LogP contribution in [-0.2, 0) is 14.9 Å². The number of carbonyl (C=O) groups excluding carboxylic acids is 1. The van der Waals surface area contributed by atoms with Crippen LogP contribution in [0.4, 0.5) is 5.82 Å². The Balaban J connectivity index is 2.46. The van der Waals surface area contributed by atoms with Crippen molar-refractivity contribution >= 4 is 11.7 Å². The fourth-order valence-corrected chi connectivity index (χ4v) is 1.26. The molecule has 0 atom stereocenters. The standard InChI is InChI=1S/C12H21N3O2/c1-5-6-17-8-11(16)13-10-7-9(14-15-10)12(2,3)4/h7H,5-6,8H2,1-4H3,(H2,13,14,15,16). The number of H-pyrrole nitrogens is 1. The van der Waals surface area contributed by atoms with E-state index in [0.29, 0.717) is 12.4 Å². The van der Waals surface area contributed by atoms with E-state index in [9.17, 15) is 4.79 Å². The number of carbonyl (C=O) groups is 1. The number of nitrogens with one attached hydrogen (secondary N) is 2. The van der Waals surface area contributed by atoms with Gasteiger partial charge in [-0.3, -0.25) is 9.89 Å². The average molecular weight is 239 g/mol. The van der Waals surface area contributed by atoms with E-state index >= 15 is 0 Å². The van der Waals surface area contributed by atoms with Gasteiger partial charge in [0.1, 0.15) is 6.61 Å². The summed E-state index contributed by atoms with van der Waals surface area (Å²) in [5, 5.41) is 9.64. The van der Waals surface area contributed by atoms with Gasteiger partial charge >= 0.3 is 0 Å². The van der Waals surface area contributed by atoms with Crippen LogP contribution in [0.2, 0.25) is 0 Å². The lowest BCUT2D eigenvalue weighted by molar-refractivity contribution is -0.120. The van der Waals surface area contributed by atoms with Crippen LogP contribution in [0.5, 0.6) is 0 Å². The first kappa shape index (κ1) is 13.7. The number of nitrogens with zero attached hydrogens (tertiary/aromatic N) is 1. The number of hydrogen-bond donors (Lipinski definition) is 2. The molecular formula is C12H21N3O2. The molecule has 1 aromatic rings. The maximum atomic E-state index is 11.5. The molecule has 0 unspecified atom stereocenters. The zero-order valence-electron chi connectivity index (χ0n) is 11.0. The van der Waals surface area contributed by atoms with Crippen LogP contribution in [0, 0.1) is 0 Å². The second-order valence-electron chi connectivity index (χ2n) is 5.02. The number of aromatic amines is 1. The molecule has 0 aliphatic heterocycles. The molecule has 0 aliphatic carbocycles. The molecule has 2 N–H and O–H groups in total. The van der Waals surface area contributed by atoms with Crippen molar-refractivity contribution in [3.05, 3.63) is 11.8 Å². The Kier molecular flexibility index (Phi) is 4.69. The van der Waals surface area contributed by atoms with E-state index in [4.69, 9.17) is 4.74 Å². The van der Waals surface area contributed by atoms with E-state index in [1.54, 1.807) is 0 Å². The highest BCUT2D eigenvalue weighted by Gasteiger charge is 2.17. The van der Waals surface area contributed by atoms with Crippen molar-refractivity contribution in [3.8, 4) is 0 Å². The summed E-state index contributed by atoms with van der Waals surface area (Å²) in [6.07, 6.45) is 0.907. The van der Waals surface area contributed by atoms with Gasteiger partial charge in [0, 0.05) is 23.8 Å². The van der Waals surface area contributed by atoms with Gasteiger partial charge in [-0.1, -0.05) is 27.7 Å². The molecular weight excluding hydrogens is 218 g/mol. The number of hydrogen-bond acceptors (Lipinski definition) is 3. The quantitative estimate of drug-likeness (QED) is 0.773. The molecule has 0 radical (unpaired) electrons. The Morgan fingerprint density at radius 1 is 1.53 bits per heavy atom. The van der Waals surface area contributed by atoms with Gasteiger partial charge in [-0.25, -0.2) is 0 Å². The Labute approximate surface area is 102 Å². The summed E-state index contributed by atoms with van der Waals surface area (Å²) in [5.74, 6) is 0.366. The van der Waals surface area contributed by atoms with Crippen molar-refractivity contribution < 1.29 is 9.53 Å². The molecule has 1 aromatic heterocycles. The molecule has 96 valence electrons. The van der Waals surface area contributed by atoms with Gasteiger partial charge in [-0.2, -0.15) is 5.10 Å². The summed E-state index contributed by atoms with van der Waals surface area (Å²) >= 11 is 0. The normalized spacial score (nSPS) is 11.5. The summed E-state index contributed by atoms with van der Waals surface area (Å²) in [5.41, 5.74) is 0.983. The second-order valence-corrected chi connectivity index (χ2v) is 5.02. The van der Waals surface area contributed by atoms with Gasteiger partial charge in [0.05, 0.1) is 0 Å². The number of amides is 1. The molecule has 1 amide bonds. The third-order valence-electron chi connectivity index (χ3n) is 2.23. The largest absolute Gasteiger partial charge is 0.372 e. The maximum absolute atomic E-state index is 11.5. The Morgan fingerprint density at radius 2 is 2.24 bits per heavy atom. The van der Waals surface area contributed by atoms with Crippen LogP contribution in [0.3, 0.4) is 0 Å². The van der Waals surface area contributed by atoms with Crippen molar-refractivity contribution in [1.29, 1.82) is 0 Å². The minimum Gasteiger partial charge on any atom is -0.372 e. The molecule has 1 heterocycles. The predicted octanol–water partition coefficient (Wildman–Crippen LogP) is 2.07. The van der Waals surface area contributed by atoms with E-state index in [1.807, 2.05) is 13.0 Å². The van der Waals surface area contributed by atoms with Gasteiger partial charge in [0.2, 0.25) is 0 Å². The van der Waals surface area contributed by atoms with Crippen LogP contribution >= 0.6 is 0 Å². The van der Waals surface area contributed by atoms with Crippen LogP contribution in [0.25, 0.3) is 0 Å². The van der Waals surface area contributed by atoms with Crippen molar-refractivity contribution in [2.24, 2.45) is 0 Å². The third kappa shape index (κ3) is 4.56. The van der Waals surface area contributed by atoms with Gasteiger partial charge in [0.25, 0.3) is 5.91 Å². The zero-order valence-corrected chi connectivity index (χ0v) is 11.0. The SMILES string of the molecule is CCCOCC(=O)Nc1cc(C(C)(C)C)[nH]n1. The van der Waals surface area contributed by atoms with E-state index in [-0.39, 0.29) is 17.9 Å². The van der Waals surface area contributed by atoms with Crippen molar-refractivity contribution in [3.63, 3.8) is 0 Å². The summed E-state index contributed by atoms with van der Waals surface area (Å²) in [4.78, 5) is 11.5. The third-order valence-corrected chi connectivity index (χ3v) is 2.23. The minimum atomic E-state index is -0.176. The van der Waals surface area contributed by atoms with Crippen LogP contribution in [-0.4, -0.2) is 29.3 Å². The highest BCUT2D eigenvalue weighted by atomic mass is 16.5. The van der Waals surface area contributed by atoms with Gasteiger partial charge in [-0.15, -0.1) is 0 Å². The first-order valence-corrected chi connectivity index (χ1v) is 5.87. The molecule has 0 saturated carbocycles. The molecule has 0 bridgehead atoms. The molecule has 0 saturated heterocycles. The Bertz CT molecular complexity index is 366. The predicted molar refractivity (Wildman–Crippen MR) is 67.0 cm³/mol. The maximum Gasteiger partial charge on any atom is 0.251 e. The van der Waals surface area contributed by atoms with Crippen LogP contribution < -0.4 is 5.32 Å². The zero-order chi connectivity index (χ0) is 12.9. The summed E-state index contributed by atoms with van der Waals surface area (Å²) < 4.78 is 5.14. The average Bonchev–Trinajstić information content (AvgIpc) is 2.66. The molecule has 1 rings (SSSR count). The molecule has 0 fully saturated rings. The van der Waals surface area contributed by atoms with Crippen LogP contribution in [0.1, 0.15) is 39.8 Å². The lowest BCUT2D eigenvalue weighted by Crippen LogP contribution is -2.18. The highest BCUT2D eigenvalue weighted by molar-refractivity contribution is 5.90. The van der Waals surface area contributed by atoms with Crippen molar-refractivity contribution in [1.82, 2.24) is 10.2 Å². The lowest BCUT2D eigenvalue weighted by Gasteiger charge is -2.14. The second kappa shape index (κ2) is 5.82. The smallest absolute Gasteiger partial charge is 0.251 e. The number of ether oxygens (including phenoxy) is 1. The summed E-state index contributed by atoms with van der Waals surface area (Å²) in [7, 11) is 0. The number of anilines is 1. The Morgan fingerprint density at radius 3 is 2.76 bits per heavy atom. The molecule has 0 aromatic carbocycles. The summed E-state index contributed by atoms with van der Waals surface area (Å²) in [6, 6.07) is 1.84. The molecule has 5 nitrogen and oxygen atoms in total. The van der Waals surface area contributed by atoms with Crippen molar-refractivity contribution in [2.45, 2.75) is 39.5 Å². The topological polar surface area (TPSA) is 67.0 Å². The van der Waals surface area contributed by atoms with Crippen molar-refractivity contribution in [2.75, 3.05) is 18.5 Å². The minimum absolute atomic E-state index is 0.00527. The monoisotopic (exact) mass is 239 g/mol. The lowest BCUT2D eigenvalue weighted by atomic mass is 9.92. The van der Waals surface area contributed by atoms with Crippen LogP contribution in [0.15, 0.2) is 6.07 Å². The molecule has 17 heavy (non-hydrogen) atoms. The van der Waals surface area contributed by atoms with E-state index in [1.165, 1.54) is 0 Å². The number of rotatable bonds is 5. The first-order valence-electron chi connectivity index (χ1n) is 5.87. The van der Waals surface area contributed by atoms with E-state index in [2.05, 4.69) is 36.3 Å².